The zero-order valence-electron chi connectivity index (χ0n) is 23.0. The number of fused-ring (bicyclic) bond motifs is 1. The van der Waals surface area contributed by atoms with E-state index in [0.717, 1.165) is 55.4 Å². The summed E-state index contributed by atoms with van der Waals surface area (Å²) in [6.07, 6.45) is 10.6. The summed E-state index contributed by atoms with van der Waals surface area (Å²) in [4.78, 5) is 31.3. The summed E-state index contributed by atoms with van der Waals surface area (Å²) in [5.41, 5.74) is 0.803. The summed E-state index contributed by atoms with van der Waals surface area (Å²) in [5.74, 6) is 4.13. The van der Waals surface area contributed by atoms with Crippen molar-refractivity contribution in [2.24, 2.45) is 17.8 Å². The van der Waals surface area contributed by atoms with Crippen LogP contribution in [0.1, 0.15) is 62.7 Å². The quantitative estimate of drug-likeness (QED) is 0.488. The minimum atomic E-state index is -0.133. The lowest BCUT2D eigenvalue weighted by Crippen LogP contribution is -2.62. The van der Waals surface area contributed by atoms with Gasteiger partial charge in [-0.05, 0) is 98.9 Å². The number of nitrogens with zero attached hydrogens (tertiary/aromatic N) is 2. The summed E-state index contributed by atoms with van der Waals surface area (Å²) in [5, 5.41) is 3.48. The summed E-state index contributed by atoms with van der Waals surface area (Å²) in [6.45, 7) is 1.99. The molecule has 2 aliphatic heterocycles. The van der Waals surface area contributed by atoms with E-state index in [1.165, 1.54) is 19.3 Å². The molecule has 9 nitrogen and oxygen atoms in total. The highest BCUT2D eigenvalue weighted by molar-refractivity contribution is 5.84. The van der Waals surface area contributed by atoms with Crippen molar-refractivity contribution < 1.29 is 28.2 Å². The predicted molar refractivity (Wildman–Crippen MR) is 146 cm³/mol. The van der Waals surface area contributed by atoms with Gasteiger partial charge in [0.1, 0.15) is 12.3 Å². The van der Waals surface area contributed by atoms with Crippen molar-refractivity contribution in [2.45, 2.75) is 76.1 Å². The summed E-state index contributed by atoms with van der Waals surface area (Å²) < 4.78 is 22.5. The molecule has 1 aromatic carbocycles. The molecule has 4 aliphatic carbocycles. The lowest BCUT2D eigenvalue weighted by molar-refractivity contribution is -0.133. The van der Waals surface area contributed by atoms with Gasteiger partial charge >= 0.3 is 6.03 Å². The average Bonchev–Trinajstić information content (AvgIpc) is 3.70. The third-order valence-corrected chi connectivity index (χ3v) is 9.56. The van der Waals surface area contributed by atoms with Gasteiger partial charge in [0.25, 0.3) is 0 Å². The van der Waals surface area contributed by atoms with Crippen LogP contribution in [0.3, 0.4) is 0 Å². The summed E-state index contributed by atoms with van der Waals surface area (Å²) in [7, 11) is 0. The van der Waals surface area contributed by atoms with Gasteiger partial charge in [-0.2, -0.15) is 0 Å². The van der Waals surface area contributed by atoms with Crippen LogP contribution in [-0.4, -0.2) is 59.9 Å². The van der Waals surface area contributed by atoms with Crippen LogP contribution < -0.4 is 14.8 Å². The molecule has 0 spiro atoms. The number of hydrogen-bond donors (Lipinski definition) is 1. The molecule has 8 rings (SSSR count). The number of carbonyl (C=O) groups is 2. The average molecular weight is 550 g/mol. The van der Waals surface area contributed by atoms with E-state index in [2.05, 4.69) is 5.32 Å². The van der Waals surface area contributed by atoms with E-state index in [1.807, 2.05) is 30.3 Å². The second-order valence-corrected chi connectivity index (χ2v) is 12.7. The van der Waals surface area contributed by atoms with Crippen molar-refractivity contribution in [3.8, 4) is 11.5 Å². The largest absolute Gasteiger partial charge is 0.467 e. The van der Waals surface area contributed by atoms with Crippen molar-refractivity contribution in [1.29, 1.82) is 0 Å². The third kappa shape index (κ3) is 5.40. The van der Waals surface area contributed by atoms with Crippen molar-refractivity contribution >= 4 is 11.9 Å². The molecule has 3 heterocycles. The fraction of sp³-hybridized carbons (Fsp3) is 0.613. The Hall–Kier alpha value is -3.20. The SMILES string of the molecule is O=C(CN(CC1CCCO1)C(=O)NC12CC3CC(CC(C3)C1)C2)N(Cc1ccc2c(c1)OCO2)Cc1ccco1. The Morgan fingerprint density at radius 1 is 0.950 bits per heavy atom. The lowest BCUT2D eigenvalue weighted by atomic mass is 9.53. The first kappa shape index (κ1) is 25.7. The Morgan fingerprint density at radius 2 is 1.73 bits per heavy atom. The van der Waals surface area contributed by atoms with Crippen molar-refractivity contribution in [3.05, 3.63) is 47.9 Å². The van der Waals surface area contributed by atoms with Gasteiger partial charge in [0.15, 0.2) is 11.5 Å². The number of rotatable bonds is 9. The number of nitrogens with one attached hydrogen (secondary N) is 1. The fourth-order valence-electron chi connectivity index (χ4n) is 8.17. The molecule has 4 bridgehead atoms. The van der Waals surface area contributed by atoms with Crippen LogP contribution in [-0.2, 0) is 22.6 Å². The number of ether oxygens (including phenoxy) is 3. The molecular weight excluding hydrogens is 510 g/mol. The number of benzene rings is 1. The Labute approximate surface area is 235 Å². The van der Waals surface area contributed by atoms with Gasteiger partial charge < -0.3 is 33.7 Å². The smallest absolute Gasteiger partial charge is 0.318 e. The maximum absolute atomic E-state index is 13.9. The second-order valence-electron chi connectivity index (χ2n) is 12.7. The van der Waals surface area contributed by atoms with E-state index in [-0.39, 0.29) is 36.9 Å². The van der Waals surface area contributed by atoms with Crippen molar-refractivity contribution in [3.63, 3.8) is 0 Å². The van der Waals surface area contributed by atoms with E-state index in [4.69, 9.17) is 18.6 Å². The monoisotopic (exact) mass is 549 g/mol. The molecule has 1 saturated heterocycles. The highest BCUT2D eigenvalue weighted by atomic mass is 16.7. The molecule has 1 unspecified atom stereocenters. The van der Waals surface area contributed by atoms with Crippen molar-refractivity contribution in [1.82, 2.24) is 15.1 Å². The zero-order valence-corrected chi connectivity index (χ0v) is 23.0. The fourth-order valence-corrected chi connectivity index (χ4v) is 8.17. The maximum Gasteiger partial charge on any atom is 0.318 e. The highest BCUT2D eigenvalue weighted by Crippen LogP contribution is 2.55. The van der Waals surface area contributed by atoms with Crippen LogP contribution in [0.5, 0.6) is 11.5 Å². The van der Waals surface area contributed by atoms with Gasteiger partial charge in [-0.3, -0.25) is 4.79 Å². The maximum atomic E-state index is 13.9. The van der Waals surface area contributed by atoms with E-state index < -0.39 is 0 Å². The van der Waals surface area contributed by atoms with Crippen LogP contribution in [0.15, 0.2) is 41.0 Å². The van der Waals surface area contributed by atoms with E-state index >= 15 is 0 Å². The lowest BCUT2D eigenvalue weighted by Gasteiger charge is -2.57. The third-order valence-electron chi connectivity index (χ3n) is 9.56. The van der Waals surface area contributed by atoms with E-state index in [1.54, 1.807) is 16.1 Å². The standard InChI is InChI=1S/C31H39N3O6/c35-29(33(17-25-3-1-7-37-25)16-21-5-6-27-28(12-21)40-20-39-27)19-34(18-26-4-2-8-38-26)30(36)32-31-13-22-9-23(14-31)11-24(10-22)15-31/h1,3,5-7,12,22-24,26H,2,4,8-11,13-20H2,(H,32,36). The van der Waals surface area contributed by atoms with Crippen LogP contribution in [0.25, 0.3) is 0 Å². The second kappa shape index (κ2) is 10.7. The van der Waals surface area contributed by atoms with Gasteiger partial charge in [-0.1, -0.05) is 6.07 Å². The van der Waals surface area contributed by atoms with Gasteiger partial charge in [-0.25, -0.2) is 4.79 Å². The molecule has 214 valence electrons. The summed E-state index contributed by atoms with van der Waals surface area (Å²) in [6, 6.07) is 9.28. The first-order chi connectivity index (χ1) is 19.5. The number of furan rings is 1. The Bertz CT molecular complexity index is 1190. The van der Waals surface area contributed by atoms with Crippen LogP contribution in [0, 0.1) is 17.8 Å². The van der Waals surface area contributed by atoms with Gasteiger partial charge in [0, 0.05) is 25.2 Å². The topological polar surface area (TPSA) is 93.5 Å². The Morgan fingerprint density at radius 3 is 2.42 bits per heavy atom. The van der Waals surface area contributed by atoms with Crippen molar-refractivity contribution in [2.75, 3.05) is 26.5 Å². The van der Waals surface area contributed by atoms with Gasteiger partial charge in [0.2, 0.25) is 12.7 Å². The molecular formula is C31H39N3O6. The molecule has 4 saturated carbocycles. The Kier molecular flexibility index (Phi) is 6.86. The van der Waals surface area contributed by atoms with Crippen LogP contribution in [0.2, 0.25) is 0 Å². The molecule has 0 radical (unpaired) electrons. The number of urea groups is 1. The number of hydrogen-bond acceptors (Lipinski definition) is 6. The molecule has 1 atom stereocenters. The minimum Gasteiger partial charge on any atom is -0.467 e. The molecule has 2 aromatic rings. The van der Waals surface area contributed by atoms with Crippen LogP contribution in [0.4, 0.5) is 4.79 Å². The first-order valence-electron chi connectivity index (χ1n) is 14.9. The van der Waals surface area contributed by atoms with E-state index in [9.17, 15) is 9.59 Å². The molecule has 40 heavy (non-hydrogen) atoms. The minimum absolute atomic E-state index is 0.0106. The molecule has 1 aromatic heterocycles. The molecule has 9 heteroatoms. The zero-order chi connectivity index (χ0) is 27.1. The molecule has 6 aliphatic rings. The number of amides is 3. The number of carbonyl (C=O) groups excluding carboxylic acids is 2. The highest BCUT2D eigenvalue weighted by Gasteiger charge is 2.52. The summed E-state index contributed by atoms with van der Waals surface area (Å²) >= 11 is 0. The van der Waals surface area contributed by atoms with Gasteiger partial charge in [0.05, 0.1) is 18.9 Å². The first-order valence-corrected chi connectivity index (χ1v) is 14.9. The van der Waals surface area contributed by atoms with E-state index in [0.29, 0.717) is 43.5 Å². The molecule has 1 N–H and O–H groups in total. The normalized spacial score (nSPS) is 29.5. The predicted octanol–water partition coefficient (Wildman–Crippen LogP) is 4.70. The van der Waals surface area contributed by atoms with Crippen LogP contribution >= 0.6 is 0 Å². The Balaban J connectivity index is 1.09. The molecule has 3 amide bonds. The molecule has 5 fully saturated rings. The van der Waals surface area contributed by atoms with Gasteiger partial charge in [-0.15, -0.1) is 0 Å².